The Hall–Kier alpha value is -1.53. The lowest BCUT2D eigenvalue weighted by molar-refractivity contribution is -0.123. The highest BCUT2D eigenvalue weighted by Gasteiger charge is 2.31. The fourth-order valence-corrected chi connectivity index (χ4v) is 3.03. The first-order valence-electron chi connectivity index (χ1n) is 6.56. The number of primary amides is 1. The predicted molar refractivity (Wildman–Crippen MR) is 82.7 cm³/mol. The van der Waals surface area contributed by atoms with Gasteiger partial charge in [-0.1, -0.05) is 23.9 Å². The standard InChI is InChI=1S/C14H20N4OS/c1-9(2)18-14(3,12(15)19)8-20-13-16-10-6-4-5-7-11(10)17-13/h4-7,9,18H,8H2,1-3H3,(H2,15,19)(H,16,17). The number of benzene rings is 1. The summed E-state index contributed by atoms with van der Waals surface area (Å²) in [6, 6.07) is 8.03. The van der Waals surface area contributed by atoms with Crippen LogP contribution in [0.3, 0.4) is 0 Å². The molecule has 20 heavy (non-hydrogen) atoms. The molecule has 1 atom stereocenters. The van der Waals surface area contributed by atoms with Crippen LogP contribution in [0.25, 0.3) is 11.0 Å². The second kappa shape index (κ2) is 5.85. The molecule has 1 amide bonds. The molecule has 5 nitrogen and oxygen atoms in total. The minimum atomic E-state index is -0.752. The van der Waals surface area contributed by atoms with Crippen molar-refractivity contribution in [1.29, 1.82) is 0 Å². The van der Waals surface area contributed by atoms with E-state index >= 15 is 0 Å². The molecule has 6 heteroatoms. The van der Waals surface area contributed by atoms with Crippen LogP contribution in [0.1, 0.15) is 20.8 Å². The minimum absolute atomic E-state index is 0.184. The summed E-state index contributed by atoms with van der Waals surface area (Å²) in [6.07, 6.45) is 0. The zero-order chi connectivity index (χ0) is 14.8. The zero-order valence-corrected chi connectivity index (χ0v) is 12.8. The number of para-hydroxylation sites is 2. The molecule has 1 aromatic heterocycles. The number of carbonyl (C=O) groups excluding carboxylic acids is 1. The van der Waals surface area contributed by atoms with E-state index in [1.165, 1.54) is 11.8 Å². The molecular formula is C14H20N4OS. The van der Waals surface area contributed by atoms with Gasteiger partial charge in [-0.2, -0.15) is 0 Å². The lowest BCUT2D eigenvalue weighted by Crippen LogP contribution is -2.57. The number of hydrogen-bond acceptors (Lipinski definition) is 4. The summed E-state index contributed by atoms with van der Waals surface area (Å²) in [5, 5.41) is 4.02. The van der Waals surface area contributed by atoms with Crippen LogP contribution in [0, 0.1) is 0 Å². The number of thioether (sulfide) groups is 1. The van der Waals surface area contributed by atoms with Crippen LogP contribution in [0.5, 0.6) is 0 Å². The lowest BCUT2D eigenvalue weighted by Gasteiger charge is -2.29. The smallest absolute Gasteiger partial charge is 0.238 e. The number of amides is 1. The van der Waals surface area contributed by atoms with Gasteiger partial charge in [0.25, 0.3) is 0 Å². The molecule has 0 radical (unpaired) electrons. The molecule has 0 saturated heterocycles. The first-order valence-corrected chi connectivity index (χ1v) is 7.54. The molecule has 0 bridgehead atoms. The molecule has 2 aromatic rings. The number of aromatic amines is 1. The molecule has 1 unspecified atom stereocenters. The fourth-order valence-electron chi connectivity index (χ4n) is 2.03. The number of hydrogen-bond donors (Lipinski definition) is 3. The maximum atomic E-state index is 11.7. The number of fused-ring (bicyclic) bond motifs is 1. The van der Waals surface area contributed by atoms with E-state index in [0.29, 0.717) is 5.75 Å². The molecule has 0 aliphatic carbocycles. The molecule has 0 spiro atoms. The van der Waals surface area contributed by atoms with E-state index < -0.39 is 5.54 Å². The van der Waals surface area contributed by atoms with E-state index in [9.17, 15) is 4.79 Å². The van der Waals surface area contributed by atoms with E-state index in [1.807, 2.05) is 45.0 Å². The van der Waals surface area contributed by atoms with Crippen molar-refractivity contribution in [2.45, 2.75) is 37.5 Å². The van der Waals surface area contributed by atoms with Crippen LogP contribution in [-0.2, 0) is 4.79 Å². The van der Waals surface area contributed by atoms with Gasteiger partial charge in [0.2, 0.25) is 5.91 Å². The number of nitrogens with two attached hydrogens (primary N) is 1. The molecule has 4 N–H and O–H groups in total. The number of nitrogens with one attached hydrogen (secondary N) is 2. The predicted octanol–water partition coefficient (Wildman–Crippen LogP) is 1.90. The van der Waals surface area contributed by atoms with E-state index in [1.54, 1.807) is 0 Å². The van der Waals surface area contributed by atoms with Crippen LogP contribution >= 0.6 is 11.8 Å². The topological polar surface area (TPSA) is 83.8 Å². The zero-order valence-electron chi connectivity index (χ0n) is 11.9. The molecule has 2 rings (SSSR count). The van der Waals surface area contributed by atoms with Crippen molar-refractivity contribution in [1.82, 2.24) is 15.3 Å². The van der Waals surface area contributed by atoms with Crippen LogP contribution < -0.4 is 11.1 Å². The van der Waals surface area contributed by atoms with E-state index in [2.05, 4.69) is 15.3 Å². The maximum absolute atomic E-state index is 11.7. The highest BCUT2D eigenvalue weighted by molar-refractivity contribution is 7.99. The average molecular weight is 292 g/mol. The third kappa shape index (κ3) is 3.32. The van der Waals surface area contributed by atoms with Gasteiger partial charge in [-0.15, -0.1) is 0 Å². The van der Waals surface area contributed by atoms with Crippen LogP contribution in [0.15, 0.2) is 29.4 Å². The summed E-state index contributed by atoms with van der Waals surface area (Å²) in [4.78, 5) is 19.4. The first kappa shape index (κ1) is 14.9. The van der Waals surface area contributed by atoms with E-state index in [4.69, 9.17) is 5.73 Å². The number of carbonyl (C=O) groups is 1. The van der Waals surface area contributed by atoms with Gasteiger partial charge in [-0.05, 0) is 32.9 Å². The molecule has 0 saturated carbocycles. The highest BCUT2D eigenvalue weighted by atomic mass is 32.2. The molecule has 0 aliphatic heterocycles. The average Bonchev–Trinajstić information content (AvgIpc) is 2.78. The molecule has 1 heterocycles. The Morgan fingerprint density at radius 2 is 2.20 bits per heavy atom. The van der Waals surface area contributed by atoms with Gasteiger partial charge < -0.3 is 16.0 Å². The van der Waals surface area contributed by atoms with E-state index in [-0.39, 0.29) is 11.9 Å². The normalized spacial score (nSPS) is 14.6. The summed E-state index contributed by atoms with van der Waals surface area (Å²) in [6.45, 7) is 5.81. The van der Waals surface area contributed by atoms with Crippen molar-refractivity contribution >= 4 is 28.7 Å². The fraction of sp³-hybridized carbons (Fsp3) is 0.429. The Morgan fingerprint density at radius 1 is 1.50 bits per heavy atom. The van der Waals surface area contributed by atoms with Gasteiger partial charge in [0.05, 0.1) is 11.0 Å². The van der Waals surface area contributed by atoms with Gasteiger partial charge in [0.15, 0.2) is 5.16 Å². The Labute approximate surface area is 122 Å². The highest BCUT2D eigenvalue weighted by Crippen LogP contribution is 2.23. The Bertz CT molecular complexity index is 577. The summed E-state index contributed by atoms with van der Waals surface area (Å²) in [5.74, 6) is 0.176. The van der Waals surface area contributed by atoms with Crippen LogP contribution in [0.2, 0.25) is 0 Å². The molecule has 0 aliphatic rings. The first-order chi connectivity index (χ1) is 9.40. The minimum Gasteiger partial charge on any atom is -0.368 e. The number of H-pyrrole nitrogens is 1. The van der Waals surface area contributed by atoms with Crippen molar-refractivity contribution in [2.75, 3.05) is 5.75 Å². The van der Waals surface area contributed by atoms with E-state index in [0.717, 1.165) is 16.2 Å². The maximum Gasteiger partial charge on any atom is 0.238 e. The Morgan fingerprint density at radius 3 is 2.80 bits per heavy atom. The van der Waals surface area contributed by atoms with Crippen molar-refractivity contribution in [2.24, 2.45) is 5.73 Å². The van der Waals surface area contributed by atoms with Crippen molar-refractivity contribution in [3.05, 3.63) is 24.3 Å². The van der Waals surface area contributed by atoms with Gasteiger partial charge in [-0.25, -0.2) is 4.98 Å². The van der Waals surface area contributed by atoms with Crippen molar-refractivity contribution in [3.63, 3.8) is 0 Å². The van der Waals surface area contributed by atoms with Gasteiger partial charge in [0, 0.05) is 11.8 Å². The van der Waals surface area contributed by atoms with Gasteiger partial charge in [0.1, 0.15) is 5.54 Å². The summed E-state index contributed by atoms with van der Waals surface area (Å²) >= 11 is 1.49. The van der Waals surface area contributed by atoms with Gasteiger partial charge in [-0.3, -0.25) is 4.79 Å². The Kier molecular flexibility index (Phi) is 4.35. The third-order valence-corrected chi connectivity index (χ3v) is 4.20. The number of nitrogens with zero attached hydrogens (tertiary/aromatic N) is 1. The molecular weight excluding hydrogens is 272 g/mol. The molecule has 1 aromatic carbocycles. The second-order valence-corrected chi connectivity index (χ2v) is 6.31. The van der Waals surface area contributed by atoms with Crippen LogP contribution in [-0.4, -0.2) is 33.2 Å². The molecule has 0 fully saturated rings. The van der Waals surface area contributed by atoms with Gasteiger partial charge >= 0.3 is 0 Å². The SMILES string of the molecule is CC(C)NC(C)(CSc1nc2ccccc2[nH]1)C(N)=O. The number of imidazole rings is 1. The molecule has 108 valence electrons. The third-order valence-electron chi connectivity index (χ3n) is 3.02. The summed E-state index contributed by atoms with van der Waals surface area (Å²) in [5.41, 5.74) is 6.68. The van der Waals surface area contributed by atoms with Crippen molar-refractivity contribution in [3.8, 4) is 0 Å². The quantitative estimate of drug-likeness (QED) is 0.710. The van der Waals surface area contributed by atoms with Crippen LogP contribution in [0.4, 0.5) is 0 Å². The summed E-state index contributed by atoms with van der Waals surface area (Å²) in [7, 11) is 0. The monoisotopic (exact) mass is 292 g/mol. The largest absolute Gasteiger partial charge is 0.368 e. The second-order valence-electron chi connectivity index (χ2n) is 5.34. The lowest BCUT2D eigenvalue weighted by atomic mass is 10.0. The number of aromatic nitrogens is 2. The summed E-state index contributed by atoms with van der Waals surface area (Å²) < 4.78 is 0. The number of rotatable bonds is 6. The Balaban J connectivity index is 2.10. The van der Waals surface area contributed by atoms with Crippen molar-refractivity contribution < 1.29 is 4.79 Å².